The summed E-state index contributed by atoms with van der Waals surface area (Å²) in [7, 11) is 0. The minimum atomic E-state index is -0.717. The van der Waals surface area contributed by atoms with Gasteiger partial charge < -0.3 is 9.67 Å². The van der Waals surface area contributed by atoms with Crippen LogP contribution in [0.1, 0.15) is 37.3 Å². The molecular weight excluding hydrogens is 267 g/mol. The molecule has 1 atom stereocenters. The summed E-state index contributed by atoms with van der Waals surface area (Å²) < 4.78 is 15.2. The van der Waals surface area contributed by atoms with Crippen LogP contribution in [0, 0.1) is 5.82 Å². The van der Waals surface area contributed by atoms with Crippen molar-refractivity contribution in [2.24, 2.45) is 0 Å². The van der Waals surface area contributed by atoms with Gasteiger partial charge in [-0.1, -0.05) is 17.7 Å². The molecule has 0 radical (unpaired) electrons. The highest BCUT2D eigenvalue weighted by Gasteiger charge is 2.15. The van der Waals surface area contributed by atoms with Crippen LogP contribution in [0.5, 0.6) is 0 Å². The number of benzene rings is 1. The summed E-state index contributed by atoms with van der Waals surface area (Å²) in [6.45, 7) is 4.03. The van der Waals surface area contributed by atoms with E-state index in [-0.39, 0.29) is 11.1 Å². The molecule has 0 aliphatic carbocycles. The van der Waals surface area contributed by atoms with Gasteiger partial charge in [-0.3, -0.25) is 0 Å². The van der Waals surface area contributed by atoms with Crippen molar-refractivity contribution in [3.05, 3.63) is 52.8 Å². The van der Waals surface area contributed by atoms with Crippen molar-refractivity contribution in [3.63, 3.8) is 0 Å². The zero-order chi connectivity index (χ0) is 14.0. The molecule has 1 heterocycles. The maximum Gasteiger partial charge on any atom is 0.142 e. The molecule has 1 unspecified atom stereocenters. The van der Waals surface area contributed by atoms with Crippen LogP contribution in [0.2, 0.25) is 5.02 Å². The number of halogens is 2. The van der Waals surface area contributed by atoms with Crippen molar-refractivity contribution in [1.29, 1.82) is 0 Å². The SMILES string of the molecule is CC(C)n1cncc1C(O)Cc1ccc(Cl)c(F)c1. The second kappa shape index (κ2) is 5.72. The summed E-state index contributed by atoms with van der Waals surface area (Å²) in [6.07, 6.45) is 2.93. The van der Waals surface area contributed by atoms with Crippen LogP contribution in [-0.4, -0.2) is 14.7 Å². The lowest BCUT2D eigenvalue weighted by molar-refractivity contribution is 0.167. The first-order valence-corrected chi connectivity index (χ1v) is 6.50. The smallest absolute Gasteiger partial charge is 0.142 e. The lowest BCUT2D eigenvalue weighted by Gasteiger charge is -2.16. The third kappa shape index (κ3) is 3.14. The fraction of sp³-hybridized carbons (Fsp3) is 0.357. The van der Waals surface area contributed by atoms with Gasteiger partial charge in [-0.2, -0.15) is 0 Å². The van der Waals surface area contributed by atoms with Crippen LogP contribution in [0.3, 0.4) is 0 Å². The van der Waals surface area contributed by atoms with Crippen LogP contribution in [-0.2, 0) is 6.42 Å². The second-order valence-electron chi connectivity index (χ2n) is 4.79. The first-order chi connectivity index (χ1) is 8.99. The first kappa shape index (κ1) is 14.0. The van der Waals surface area contributed by atoms with Crippen molar-refractivity contribution in [2.45, 2.75) is 32.4 Å². The number of hydrogen-bond acceptors (Lipinski definition) is 2. The van der Waals surface area contributed by atoms with Gasteiger partial charge in [0.2, 0.25) is 0 Å². The number of rotatable bonds is 4. The molecule has 2 aromatic rings. The predicted molar refractivity (Wildman–Crippen MR) is 72.7 cm³/mol. The Bertz CT molecular complexity index is 568. The van der Waals surface area contributed by atoms with E-state index in [9.17, 15) is 9.50 Å². The Hall–Kier alpha value is -1.39. The second-order valence-corrected chi connectivity index (χ2v) is 5.20. The fourth-order valence-electron chi connectivity index (χ4n) is 2.00. The number of hydrogen-bond donors (Lipinski definition) is 1. The van der Waals surface area contributed by atoms with Gasteiger partial charge in [-0.25, -0.2) is 9.37 Å². The molecule has 0 saturated heterocycles. The standard InChI is InChI=1S/C14H16ClFN2O/c1-9(2)18-8-17-7-13(18)14(19)6-10-3-4-11(15)12(16)5-10/h3-5,7-9,14,19H,6H2,1-2H3. The monoisotopic (exact) mass is 282 g/mol. The number of aliphatic hydroxyl groups is 1. The van der Waals surface area contributed by atoms with Crippen molar-refractivity contribution in [2.75, 3.05) is 0 Å². The topological polar surface area (TPSA) is 38.0 Å². The third-order valence-corrected chi connectivity index (χ3v) is 3.31. The zero-order valence-electron chi connectivity index (χ0n) is 10.8. The lowest BCUT2D eigenvalue weighted by Crippen LogP contribution is -2.11. The highest BCUT2D eigenvalue weighted by molar-refractivity contribution is 6.30. The molecule has 0 fully saturated rings. The molecule has 0 aliphatic heterocycles. The number of imidazole rings is 1. The molecule has 0 saturated carbocycles. The van der Waals surface area contributed by atoms with Gasteiger partial charge in [0, 0.05) is 12.5 Å². The summed E-state index contributed by atoms with van der Waals surface area (Å²) in [5.41, 5.74) is 1.43. The number of nitrogens with zero attached hydrogens (tertiary/aromatic N) is 2. The summed E-state index contributed by atoms with van der Waals surface area (Å²) in [6, 6.07) is 4.78. The van der Waals surface area contributed by atoms with Crippen molar-refractivity contribution >= 4 is 11.6 Å². The predicted octanol–water partition coefficient (Wildman–Crippen LogP) is 3.53. The number of aromatic nitrogens is 2. The molecule has 0 amide bonds. The molecule has 5 heteroatoms. The normalized spacial score (nSPS) is 12.9. The summed E-state index contributed by atoms with van der Waals surface area (Å²) >= 11 is 5.63. The van der Waals surface area contributed by atoms with Crippen LogP contribution in [0.4, 0.5) is 4.39 Å². The maximum atomic E-state index is 13.3. The summed E-state index contributed by atoms with van der Waals surface area (Å²) in [4.78, 5) is 4.05. The van der Waals surface area contributed by atoms with E-state index < -0.39 is 11.9 Å². The van der Waals surface area contributed by atoms with Gasteiger partial charge >= 0.3 is 0 Å². The minimum absolute atomic E-state index is 0.0884. The van der Waals surface area contributed by atoms with Crippen LogP contribution < -0.4 is 0 Å². The van der Waals surface area contributed by atoms with Gasteiger partial charge in [-0.05, 0) is 31.5 Å². The summed E-state index contributed by atoms with van der Waals surface area (Å²) in [5.74, 6) is -0.469. The van der Waals surface area contributed by atoms with E-state index in [2.05, 4.69) is 4.98 Å². The molecule has 19 heavy (non-hydrogen) atoms. The first-order valence-electron chi connectivity index (χ1n) is 6.12. The molecular formula is C14H16ClFN2O. The number of aliphatic hydroxyl groups excluding tert-OH is 1. The fourth-order valence-corrected chi connectivity index (χ4v) is 2.12. The highest BCUT2D eigenvalue weighted by atomic mass is 35.5. The third-order valence-electron chi connectivity index (χ3n) is 3.01. The van der Waals surface area contributed by atoms with Gasteiger partial charge in [0.1, 0.15) is 5.82 Å². The average Bonchev–Trinajstić information content (AvgIpc) is 2.83. The van der Waals surface area contributed by atoms with Crippen molar-refractivity contribution in [3.8, 4) is 0 Å². The van der Waals surface area contributed by atoms with Crippen LogP contribution >= 0.6 is 11.6 Å². The van der Waals surface area contributed by atoms with Crippen molar-refractivity contribution in [1.82, 2.24) is 9.55 Å². The van der Waals surface area contributed by atoms with Crippen molar-refractivity contribution < 1.29 is 9.50 Å². The Kier molecular flexibility index (Phi) is 4.22. The maximum absolute atomic E-state index is 13.3. The Morgan fingerprint density at radius 2 is 2.16 bits per heavy atom. The Labute approximate surface area is 116 Å². The zero-order valence-corrected chi connectivity index (χ0v) is 11.6. The van der Waals surface area contributed by atoms with E-state index in [4.69, 9.17) is 11.6 Å². The van der Waals surface area contributed by atoms with Crippen LogP contribution in [0.15, 0.2) is 30.7 Å². The van der Waals surface area contributed by atoms with Gasteiger partial charge in [-0.15, -0.1) is 0 Å². The molecule has 1 aromatic heterocycles. The lowest BCUT2D eigenvalue weighted by atomic mass is 10.1. The Morgan fingerprint density at radius 1 is 1.42 bits per heavy atom. The molecule has 3 nitrogen and oxygen atoms in total. The molecule has 0 bridgehead atoms. The highest BCUT2D eigenvalue weighted by Crippen LogP contribution is 2.23. The molecule has 0 spiro atoms. The molecule has 1 aromatic carbocycles. The van der Waals surface area contributed by atoms with Gasteiger partial charge in [0.15, 0.2) is 0 Å². The van der Waals surface area contributed by atoms with Gasteiger partial charge in [0.25, 0.3) is 0 Å². The largest absolute Gasteiger partial charge is 0.386 e. The quantitative estimate of drug-likeness (QED) is 0.931. The average molecular weight is 283 g/mol. The Morgan fingerprint density at radius 3 is 2.79 bits per heavy atom. The van der Waals surface area contributed by atoms with E-state index in [1.165, 1.54) is 12.1 Å². The molecule has 2 rings (SSSR count). The summed E-state index contributed by atoms with van der Waals surface area (Å²) in [5, 5.41) is 10.3. The van der Waals surface area contributed by atoms with E-state index in [1.807, 2.05) is 18.4 Å². The minimum Gasteiger partial charge on any atom is -0.386 e. The van der Waals surface area contributed by atoms with E-state index in [0.717, 1.165) is 5.69 Å². The molecule has 0 aliphatic rings. The molecule has 102 valence electrons. The van der Waals surface area contributed by atoms with E-state index >= 15 is 0 Å². The van der Waals surface area contributed by atoms with E-state index in [1.54, 1.807) is 18.6 Å². The van der Waals surface area contributed by atoms with E-state index in [0.29, 0.717) is 12.0 Å². The Balaban J connectivity index is 2.18. The van der Waals surface area contributed by atoms with Gasteiger partial charge in [0.05, 0.1) is 29.3 Å². The molecule has 1 N–H and O–H groups in total. The van der Waals surface area contributed by atoms with Crippen LogP contribution in [0.25, 0.3) is 0 Å².